The van der Waals surface area contributed by atoms with Gasteiger partial charge in [0.15, 0.2) is 0 Å². The van der Waals surface area contributed by atoms with Crippen molar-refractivity contribution in [1.29, 1.82) is 0 Å². The van der Waals surface area contributed by atoms with Crippen LogP contribution in [0.1, 0.15) is 28.4 Å². The average molecular weight is 514 g/mol. The number of benzene rings is 3. The van der Waals surface area contributed by atoms with Crippen LogP contribution >= 0.6 is 11.8 Å². The molecule has 2 amide bonds. The second-order valence-corrected chi connectivity index (χ2v) is 9.75. The Hall–Kier alpha value is -3.46. The summed E-state index contributed by atoms with van der Waals surface area (Å²) in [5, 5.41) is 2.82. The summed E-state index contributed by atoms with van der Waals surface area (Å²) in [6.07, 6.45) is -4.40. The first-order chi connectivity index (χ1) is 17.1. The number of amides is 2. The minimum absolute atomic E-state index is 0.183. The molecule has 3 aromatic rings. The number of nitrogens with one attached hydrogen (secondary N) is 1. The van der Waals surface area contributed by atoms with Gasteiger partial charge >= 0.3 is 6.18 Å². The number of hydrogen-bond acceptors (Lipinski definition) is 4. The van der Waals surface area contributed by atoms with Gasteiger partial charge in [-0.2, -0.15) is 13.2 Å². The van der Waals surface area contributed by atoms with E-state index in [4.69, 9.17) is 0 Å². The van der Waals surface area contributed by atoms with Crippen LogP contribution in [0.25, 0.3) is 0 Å². The van der Waals surface area contributed by atoms with Crippen molar-refractivity contribution in [1.82, 2.24) is 4.90 Å². The van der Waals surface area contributed by atoms with Gasteiger partial charge in [-0.1, -0.05) is 35.5 Å². The lowest BCUT2D eigenvalue weighted by atomic mass is 10.1. The summed E-state index contributed by atoms with van der Waals surface area (Å²) in [5.74, 6) is -0.419. The highest BCUT2D eigenvalue weighted by atomic mass is 32.2. The third-order valence-corrected chi connectivity index (χ3v) is 6.98. The maximum absolute atomic E-state index is 13.2. The number of halogens is 3. The first kappa shape index (κ1) is 25.6. The van der Waals surface area contributed by atoms with E-state index in [-0.39, 0.29) is 11.8 Å². The summed E-state index contributed by atoms with van der Waals surface area (Å²) in [4.78, 5) is 30.4. The smallest absolute Gasteiger partial charge is 0.368 e. The molecular weight excluding hydrogens is 487 g/mol. The molecule has 4 rings (SSSR count). The maximum atomic E-state index is 13.2. The van der Waals surface area contributed by atoms with Crippen molar-refractivity contribution in [3.63, 3.8) is 0 Å². The third-order valence-electron chi connectivity index (χ3n) is 5.89. The Morgan fingerprint density at radius 1 is 0.917 bits per heavy atom. The van der Waals surface area contributed by atoms with Crippen LogP contribution in [0, 0.1) is 6.92 Å². The molecule has 1 aliphatic heterocycles. The summed E-state index contributed by atoms with van der Waals surface area (Å²) in [6.45, 7) is 5.04. The van der Waals surface area contributed by atoms with Crippen molar-refractivity contribution < 1.29 is 22.8 Å². The predicted octanol–water partition coefficient (Wildman–Crippen LogP) is 6.09. The highest BCUT2D eigenvalue weighted by Crippen LogP contribution is 2.35. The van der Waals surface area contributed by atoms with Crippen molar-refractivity contribution in [3.8, 4) is 0 Å². The van der Waals surface area contributed by atoms with Crippen LogP contribution in [0.15, 0.2) is 76.5 Å². The molecule has 188 valence electrons. The molecule has 0 unspecified atom stereocenters. The molecule has 5 nitrogen and oxygen atoms in total. The molecule has 9 heteroatoms. The van der Waals surface area contributed by atoms with Crippen LogP contribution in [0.4, 0.5) is 24.5 Å². The van der Waals surface area contributed by atoms with Gasteiger partial charge in [-0.15, -0.1) is 0 Å². The first-order valence-electron chi connectivity index (χ1n) is 11.5. The molecule has 0 aliphatic carbocycles. The number of carbonyl (C=O) groups is 2. The number of anilines is 2. The molecule has 1 aliphatic rings. The number of hydrogen-bond donors (Lipinski definition) is 1. The first-order valence-corrected chi connectivity index (χ1v) is 12.3. The van der Waals surface area contributed by atoms with Crippen molar-refractivity contribution in [2.24, 2.45) is 0 Å². The number of alkyl halides is 3. The zero-order valence-electron chi connectivity index (χ0n) is 19.9. The Balaban J connectivity index is 1.46. The van der Waals surface area contributed by atoms with E-state index in [1.807, 2.05) is 42.2 Å². The van der Waals surface area contributed by atoms with Crippen molar-refractivity contribution in [3.05, 3.63) is 83.4 Å². The highest BCUT2D eigenvalue weighted by Gasteiger charge is 2.31. The zero-order valence-corrected chi connectivity index (χ0v) is 20.7. The van der Waals surface area contributed by atoms with E-state index in [2.05, 4.69) is 5.32 Å². The fraction of sp³-hybridized carbons (Fsp3) is 0.259. The van der Waals surface area contributed by atoms with Gasteiger partial charge in [0.25, 0.3) is 5.91 Å². The topological polar surface area (TPSA) is 52.7 Å². The molecule has 0 saturated carbocycles. The summed E-state index contributed by atoms with van der Waals surface area (Å²) in [5.41, 5.74) is 1.95. The third kappa shape index (κ3) is 6.20. The van der Waals surface area contributed by atoms with Gasteiger partial charge in [-0.3, -0.25) is 9.59 Å². The largest absolute Gasteiger partial charge is 0.416 e. The predicted molar refractivity (Wildman–Crippen MR) is 136 cm³/mol. The van der Waals surface area contributed by atoms with Gasteiger partial charge in [0.05, 0.1) is 11.3 Å². The van der Waals surface area contributed by atoms with E-state index in [1.165, 1.54) is 24.8 Å². The Labute approximate surface area is 212 Å². The van der Waals surface area contributed by atoms with Gasteiger partial charge in [-0.25, -0.2) is 0 Å². The monoisotopic (exact) mass is 513 g/mol. The van der Waals surface area contributed by atoms with E-state index in [1.54, 1.807) is 23.1 Å². The van der Waals surface area contributed by atoms with Crippen molar-refractivity contribution >= 4 is 35.0 Å². The number of carbonyl (C=O) groups excluding carboxylic acids is 2. The van der Waals surface area contributed by atoms with E-state index in [0.29, 0.717) is 43.1 Å². The number of nitrogens with zero attached hydrogens (tertiary/aromatic N) is 2. The van der Waals surface area contributed by atoms with Crippen LogP contribution in [-0.4, -0.2) is 42.9 Å². The van der Waals surface area contributed by atoms with E-state index >= 15 is 0 Å². The van der Waals surface area contributed by atoms with Gasteiger partial charge in [0.2, 0.25) is 5.91 Å². The minimum Gasteiger partial charge on any atom is -0.368 e. The Morgan fingerprint density at radius 3 is 2.25 bits per heavy atom. The molecular formula is C27H26F3N3O2S. The van der Waals surface area contributed by atoms with Gasteiger partial charge < -0.3 is 15.1 Å². The zero-order chi connectivity index (χ0) is 25.9. The molecule has 0 radical (unpaired) electrons. The summed E-state index contributed by atoms with van der Waals surface area (Å²) < 4.78 is 39.2. The second kappa shape index (κ2) is 10.7. The second-order valence-electron chi connectivity index (χ2n) is 8.63. The van der Waals surface area contributed by atoms with E-state index < -0.39 is 11.7 Å². The molecule has 0 aromatic heterocycles. The molecule has 1 fully saturated rings. The standard InChI is InChI=1S/C27H26F3N3O2S/c1-18-6-9-23(10-7-18)36-25-11-8-20(16-24(25)31-19(2)34)26(35)33-14-12-32(13-15-33)22-5-3-4-21(17-22)27(28,29)30/h3-11,16-17H,12-15H2,1-2H3,(H,31,34). The molecule has 1 heterocycles. The lowest BCUT2D eigenvalue weighted by Crippen LogP contribution is -2.48. The van der Waals surface area contributed by atoms with Crippen LogP contribution in [-0.2, 0) is 11.0 Å². The van der Waals surface area contributed by atoms with E-state index in [0.717, 1.165) is 27.5 Å². The molecule has 0 atom stereocenters. The maximum Gasteiger partial charge on any atom is 0.416 e. The van der Waals surface area contributed by atoms with Crippen molar-refractivity contribution in [2.75, 3.05) is 36.4 Å². The molecule has 36 heavy (non-hydrogen) atoms. The van der Waals surface area contributed by atoms with Crippen LogP contribution in [0.5, 0.6) is 0 Å². The average Bonchev–Trinajstić information content (AvgIpc) is 2.85. The number of rotatable bonds is 5. The molecule has 0 spiro atoms. The molecule has 3 aromatic carbocycles. The molecule has 1 saturated heterocycles. The Bertz CT molecular complexity index is 1250. The van der Waals surface area contributed by atoms with Gasteiger partial charge in [0.1, 0.15) is 0 Å². The van der Waals surface area contributed by atoms with Crippen LogP contribution in [0.2, 0.25) is 0 Å². The van der Waals surface area contributed by atoms with Crippen LogP contribution < -0.4 is 10.2 Å². The quantitative estimate of drug-likeness (QED) is 0.449. The minimum atomic E-state index is -4.40. The van der Waals surface area contributed by atoms with Crippen LogP contribution in [0.3, 0.4) is 0 Å². The Kier molecular flexibility index (Phi) is 7.59. The van der Waals surface area contributed by atoms with E-state index in [9.17, 15) is 22.8 Å². The SMILES string of the molecule is CC(=O)Nc1cc(C(=O)N2CCN(c3cccc(C(F)(F)F)c3)CC2)ccc1Sc1ccc(C)cc1. The normalized spacial score (nSPS) is 14.0. The van der Waals surface area contributed by atoms with Crippen molar-refractivity contribution in [2.45, 2.75) is 29.8 Å². The summed E-state index contributed by atoms with van der Waals surface area (Å²) in [6, 6.07) is 18.5. The van der Waals surface area contributed by atoms with Gasteiger partial charge in [-0.05, 0) is 55.5 Å². The highest BCUT2D eigenvalue weighted by molar-refractivity contribution is 7.99. The fourth-order valence-corrected chi connectivity index (χ4v) is 4.88. The van der Waals surface area contributed by atoms with Gasteiger partial charge in [0, 0.05) is 54.1 Å². The summed E-state index contributed by atoms with van der Waals surface area (Å²) in [7, 11) is 0. The summed E-state index contributed by atoms with van der Waals surface area (Å²) >= 11 is 1.50. The number of aryl methyl sites for hydroxylation is 1. The number of piperazine rings is 1. The Morgan fingerprint density at radius 2 is 1.61 bits per heavy atom. The molecule has 1 N–H and O–H groups in total. The molecule has 0 bridgehead atoms. The lowest BCUT2D eigenvalue weighted by molar-refractivity contribution is -0.137. The lowest BCUT2D eigenvalue weighted by Gasteiger charge is -2.36. The fourth-order valence-electron chi connectivity index (χ4n) is 4.00.